The molecule has 0 saturated carbocycles. The Morgan fingerprint density at radius 3 is 2.20 bits per heavy atom. The Bertz CT molecular complexity index is 444. The lowest BCUT2D eigenvalue weighted by molar-refractivity contribution is -0.386. The average molecular weight is 279 g/mol. The third-order valence-corrected chi connectivity index (χ3v) is 3.62. The second-order valence-corrected chi connectivity index (χ2v) is 5.24. The number of hydrogen-bond donors (Lipinski definition) is 1. The number of unbranched alkanes of at least 4 members (excludes halogenated alkanes) is 4. The van der Waals surface area contributed by atoms with Crippen LogP contribution in [0.4, 0.5) is 5.69 Å². The summed E-state index contributed by atoms with van der Waals surface area (Å²) >= 11 is 0. The molecule has 1 rings (SSSR count). The van der Waals surface area contributed by atoms with Gasteiger partial charge in [0.15, 0.2) is 5.75 Å². The molecule has 1 N–H and O–H groups in total. The third kappa shape index (κ3) is 4.51. The number of aromatic hydroxyl groups is 1. The quantitative estimate of drug-likeness (QED) is 0.402. The molecule has 0 spiro atoms. The molecule has 20 heavy (non-hydrogen) atoms. The van der Waals surface area contributed by atoms with Gasteiger partial charge >= 0.3 is 5.69 Å². The van der Waals surface area contributed by atoms with Crippen LogP contribution in [-0.2, 0) is 12.8 Å². The van der Waals surface area contributed by atoms with Gasteiger partial charge in [-0.25, -0.2) is 0 Å². The van der Waals surface area contributed by atoms with Crippen LogP contribution in [0.15, 0.2) is 12.1 Å². The number of rotatable bonds is 9. The van der Waals surface area contributed by atoms with Crippen molar-refractivity contribution in [2.75, 3.05) is 0 Å². The number of phenols is 1. The lowest BCUT2D eigenvalue weighted by Crippen LogP contribution is -2.02. The van der Waals surface area contributed by atoms with Crippen molar-refractivity contribution in [2.24, 2.45) is 0 Å². The second kappa shape index (κ2) is 8.56. The first-order valence-electron chi connectivity index (χ1n) is 7.59. The zero-order chi connectivity index (χ0) is 15.0. The van der Waals surface area contributed by atoms with Gasteiger partial charge in [0.1, 0.15) is 0 Å². The first-order chi connectivity index (χ1) is 9.61. The van der Waals surface area contributed by atoms with E-state index in [1.54, 1.807) is 0 Å². The monoisotopic (exact) mass is 279 g/mol. The van der Waals surface area contributed by atoms with Gasteiger partial charge < -0.3 is 5.11 Å². The van der Waals surface area contributed by atoms with Crippen LogP contribution in [0.2, 0.25) is 0 Å². The van der Waals surface area contributed by atoms with Crippen molar-refractivity contribution >= 4 is 5.69 Å². The lowest BCUT2D eigenvalue weighted by atomic mass is 9.95. The Hall–Kier alpha value is -1.58. The van der Waals surface area contributed by atoms with Crippen molar-refractivity contribution in [1.82, 2.24) is 0 Å². The van der Waals surface area contributed by atoms with Crippen molar-refractivity contribution in [2.45, 2.75) is 65.2 Å². The summed E-state index contributed by atoms with van der Waals surface area (Å²) in [7, 11) is 0. The van der Waals surface area contributed by atoms with E-state index >= 15 is 0 Å². The van der Waals surface area contributed by atoms with E-state index in [2.05, 4.69) is 13.8 Å². The highest BCUT2D eigenvalue weighted by molar-refractivity contribution is 5.55. The summed E-state index contributed by atoms with van der Waals surface area (Å²) in [5.74, 6) is -0.208. The summed E-state index contributed by atoms with van der Waals surface area (Å²) in [5, 5.41) is 21.0. The van der Waals surface area contributed by atoms with E-state index in [1.807, 2.05) is 6.07 Å². The Morgan fingerprint density at radius 2 is 1.65 bits per heavy atom. The highest BCUT2D eigenvalue weighted by atomic mass is 16.6. The van der Waals surface area contributed by atoms with E-state index in [-0.39, 0.29) is 11.4 Å². The minimum Gasteiger partial charge on any atom is -0.502 e. The van der Waals surface area contributed by atoms with Crippen LogP contribution in [-0.4, -0.2) is 10.0 Å². The Morgan fingerprint density at radius 1 is 1.05 bits per heavy atom. The van der Waals surface area contributed by atoms with Crippen LogP contribution in [0.5, 0.6) is 5.75 Å². The largest absolute Gasteiger partial charge is 0.502 e. The molecular formula is C16H25NO3. The minimum absolute atomic E-state index is 0.0879. The molecule has 112 valence electrons. The van der Waals surface area contributed by atoms with Gasteiger partial charge in [-0.3, -0.25) is 10.1 Å². The molecule has 0 heterocycles. The fraction of sp³-hybridized carbons (Fsp3) is 0.625. The standard InChI is InChI=1S/C16H25NO3/c1-3-5-7-9-13-11-12-15(18)16(17(19)20)14(13)10-8-6-4-2/h11-12,18H,3-10H2,1-2H3. The van der Waals surface area contributed by atoms with E-state index in [1.165, 1.54) is 6.07 Å². The topological polar surface area (TPSA) is 63.4 Å². The van der Waals surface area contributed by atoms with Crippen LogP contribution >= 0.6 is 0 Å². The normalized spacial score (nSPS) is 10.7. The van der Waals surface area contributed by atoms with E-state index in [0.717, 1.165) is 56.1 Å². The van der Waals surface area contributed by atoms with Crippen molar-refractivity contribution in [1.29, 1.82) is 0 Å². The summed E-state index contributed by atoms with van der Waals surface area (Å²) in [6, 6.07) is 3.31. The number of benzene rings is 1. The molecule has 0 aliphatic carbocycles. The predicted octanol–water partition coefficient (Wildman–Crippen LogP) is 4.77. The first-order valence-corrected chi connectivity index (χ1v) is 7.59. The first kappa shape index (κ1) is 16.5. The van der Waals surface area contributed by atoms with Gasteiger partial charge in [-0.05, 0) is 37.3 Å². The molecule has 0 unspecified atom stereocenters. The maximum Gasteiger partial charge on any atom is 0.314 e. The van der Waals surface area contributed by atoms with Gasteiger partial charge in [-0.2, -0.15) is 0 Å². The van der Waals surface area contributed by atoms with E-state index < -0.39 is 4.92 Å². The van der Waals surface area contributed by atoms with Gasteiger partial charge in [0.05, 0.1) is 4.92 Å². The summed E-state index contributed by atoms with van der Waals surface area (Å²) in [5.41, 5.74) is 1.67. The van der Waals surface area contributed by atoms with Gasteiger partial charge in [0, 0.05) is 5.56 Å². The van der Waals surface area contributed by atoms with Crippen molar-refractivity contribution in [3.05, 3.63) is 33.4 Å². The number of aryl methyl sites for hydroxylation is 1. The zero-order valence-corrected chi connectivity index (χ0v) is 12.5. The lowest BCUT2D eigenvalue weighted by Gasteiger charge is -2.11. The minimum atomic E-state index is -0.445. The fourth-order valence-corrected chi connectivity index (χ4v) is 2.50. The van der Waals surface area contributed by atoms with Crippen LogP contribution < -0.4 is 0 Å². The summed E-state index contributed by atoms with van der Waals surface area (Å²) in [6.07, 6.45) is 7.91. The molecule has 0 aromatic heterocycles. The Kier molecular flexibility index (Phi) is 7.05. The summed E-state index contributed by atoms with van der Waals surface area (Å²) < 4.78 is 0. The predicted molar refractivity (Wildman–Crippen MR) is 81.2 cm³/mol. The van der Waals surface area contributed by atoms with Gasteiger partial charge in [-0.15, -0.1) is 0 Å². The second-order valence-electron chi connectivity index (χ2n) is 5.24. The van der Waals surface area contributed by atoms with Crippen molar-refractivity contribution < 1.29 is 10.0 Å². The third-order valence-electron chi connectivity index (χ3n) is 3.62. The molecule has 0 radical (unpaired) electrons. The fourth-order valence-electron chi connectivity index (χ4n) is 2.50. The van der Waals surface area contributed by atoms with E-state index in [4.69, 9.17) is 0 Å². The number of nitro groups is 1. The molecule has 0 bridgehead atoms. The smallest absolute Gasteiger partial charge is 0.314 e. The molecule has 0 saturated heterocycles. The van der Waals surface area contributed by atoms with Gasteiger partial charge in [-0.1, -0.05) is 45.6 Å². The summed E-state index contributed by atoms with van der Waals surface area (Å²) in [6.45, 7) is 4.25. The Labute approximate surface area is 121 Å². The highest BCUT2D eigenvalue weighted by Gasteiger charge is 2.22. The van der Waals surface area contributed by atoms with Crippen molar-refractivity contribution in [3.63, 3.8) is 0 Å². The van der Waals surface area contributed by atoms with E-state index in [9.17, 15) is 15.2 Å². The molecule has 0 amide bonds. The van der Waals surface area contributed by atoms with Gasteiger partial charge in [0.2, 0.25) is 0 Å². The SMILES string of the molecule is CCCCCc1ccc(O)c([N+](=O)[O-])c1CCCCC. The molecule has 0 atom stereocenters. The molecule has 0 aliphatic heterocycles. The maximum absolute atomic E-state index is 11.2. The molecule has 0 aliphatic rings. The highest BCUT2D eigenvalue weighted by Crippen LogP contribution is 2.34. The summed E-state index contributed by atoms with van der Waals surface area (Å²) in [4.78, 5) is 10.8. The number of nitrogens with zero attached hydrogens (tertiary/aromatic N) is 1. The molecular weight excluding hydrogens is 254 g/mol. The number of phenolic OH excluding ortho intramolecular Hbond substituents is 1. The number of nitro benzene ring substituents is 1. The van der Waals surface area contributed by atoms with Crippen molar-refractivity contribution in [3.8, 4) is 5.75 Å². The molecule has 1 aromatic rings. The van der Waals surface area contributed by atoms with Gasteiger partial charge in [0.25, 0.3) is 0 Å². The van der Waals surface area contributed by atoms with E-state index in [0.29, 0.717) is 6.42 Å². The van der Waals surface area contributed by atoms with Crippen LogP contribution in [0.25, 0.3) is 0 Å². The molecule has 0 fully saturated rings. The maximum atomic E-state index is 11.2. The Balaban J connectivity index is 3.01. The molecule has 4 nitrogen and oxygen atoms in total. The van der Waals surface area contributed by atoms with Crippen LogP contribution in [0, 0.1) is 10.1 Å². The average Bonchev–Trinajstić information content (AvgIpc) is 2.41. The zero-order valence-electron chi connectivity index (χ0n) is 12.5. The molecule has 1 aromatic carbocycles. The number of hydrogen-bond acceptors (Lipinski definition) is 3. The van der Waals surface area contributed by atoms with Crippen LogP contribution in [0.1, 0.15) is 63.5 Å². The molecule has 4 heteroatoms. The van der Waals surface area contributed by atoms with Crippen LogP contribution in [0.3, 0.4) is 0 Å².